The first-order chi connectivity index (χ1) is 8.82. The summed E-state index contributed by atoms with van der Waals surface area (Å²) in [5.41, 5.74) is 5.29. The zero-order valence-electron chi connectivity index (χ0n) is 9.98. The van der Waals surface area contributed by atoms with E-state index in [1.165, 1.54) is 12.1 Å². The zero-order chi connectivity index (χ0) is 14.2. The Morgan fingerprint density at radius 3 is 2.63 bits per heavy atom. The number of hydrogen-bond acceptors (Lipinski definition) is 5. The molecule has 1 aliphatic heterocycles. The number of aliphatic hydroxyl groups excluding tert-OH is 1. The number of nitrogen functional groups attached to an aromatic ring is 1. The molecule has 2 rings (SSSR count). The Morgan fingerprint density at radius 2 is 2.11 bits per heavy atom. The number of aromatic carboxylic acids is 1. The molecule has 0 spiro atoms. The highest BCUT2D eigenvalue weighted by Crippen LogP contribution is 2.25. The molecule has 1 aromatic carbocycles. The first-order valence-corrected chi connectivity index (χ1v) is 7.07. The minimum Gasteiger partial charge on any atom is -0.478 e. The van der Waals surface area contributed by atoms with Crippen molar-refractivity contribution < 1.29 is 23.4 Å². The molecule has 8 heteroatoms. The van der Waals surface area contributed by atoms with Crippen LogP contribution in [-0.4, -0.2) is 48.1 Å². The average Bonchev–Trinajstić information content (AvgIpc) is 2.76. The van der Waals surface area contributed by atoms with Crippen molar-refractivity contribution in [3.05, 3.63) is 23.8 Å². The number of nitrogens with zero attached hydrogens (tertiary/aromatic N) is 1. The molecule has 1 unspecified atom stereocenters. The molecule has 0 amide bonds. The van der Waals surface area contributed by atoms with Crippen molar-refractivity contribution in [3.8, 4) is 0 Å². The lowest BCUT2D eigenvalue weighted by atomic mass is 10.2. The average molecular weight is 286 g/mol. The number of carboxylic acids is 1. The highest BCUT2D eigenvalue weighted by atomic mass is 32.2. The molecule has 7 nitrogen and oxygen atoms in total. The molecule has 1 fully saturated rings. The number of β-amino-alcohol motifs (C(OH)–C–C–N with tert-alkyl or cyclic N) is 1. The normalized spacial score (nSPS) is 20.6. The van der Waals surface area contributed by atoms with E-state index in [0.717, 1.165) is 10.4 Å². The van der Waals surface area contributed by atoms with Crippen LogP contribution < -0.4 is 5.73 Å². The number of sulfonamides is 1. The van der Waals surface area contributed by atoms with Crippen molar-refractivity contribution in [2.24, 2.45) is 0 Å². The Bertz CT molecular complexity index is 614. The quantitative estimate of drug-likeness (QED) is 0.657. The van der Waals surface area contributed by atoms with Gasteiger partial charge in [-0.1, -0.05) is 0 Å². The van der Waals surface area contributed by atoms with Crippen LogP contribution in [0.4, 0.5) is 5.69 Å². The van der Waals surface area contributed by atoms with Crippen LogP contribution in [0.3, 0.4) is 0 Å². The van der Waals surface area contributed by atoms with E-state index < -0.39 is 22.1 Å². The van der Waals surface area contributed by atoms with Crippen LogP contribution in [0, 0.1) is 0 Å². The number of rotatable bonds is 3. The molecular weight excluding hydrogens is 272 g/mol. The second-order valence-corrected chi connectivity index (χ2v) is 6.27. The molecule has 19 heavy (non-hydrogen) atoms. The summed E-state index contributed by atoms with van der Waals surface area (Å²) in [4.78, 5) is 10.8. The van der Waals surface area contributed by atoms with Gasteiger partial charge >= 0.3 is 5.97 Å². The summed E-state index contributed by atoms with van der Waals surface area (Å²) in [6, 6.07) is 3.63. The highest BCUT2D eigenvalue weighted by molar-refractivity contribution is 7.89. The van der Waals surface area contributed by atoms with Gasteiger partial charge in [0.15, 0.2) is 0 Å². The largest absolute Gasteiger partial charge is 0.478 e. The van der Waals surface area contributed by atoms with Crippen molar-refractivity contribution in [1.29, 1.82) is 0 Å². The van der Waals surface area contributed by atoms with Gasteiger partial charge in [-0.3, -0.25) is 0 Å². The standard InChI is InChI=1S/C11H14N2O5S/c12-7-1-2-10(9(5-7)11(15)16)19(17,18)13-4-3-8(14)6-13/h1-2,5,8,14H,3-4,6,12H2,(H,15,16). The summed E-state index contributed by atoms with van der Waals surface area (Å²) >= 11 is 0. The Hall–Kier alpha value is -1.64. The third kappa shape index (κ3) is 2.55. The summed E-state index contributed by atoms with van der Waals surface area (Å²) in [7, 11) is -3.93. The monoisotopic (exact) mass is 286 g/mol. The molecule has 104 valence electrons. The van der Waals surface area contributed by atoms with Gasteiger partial charge in [0.2, 0.25) is 10.0 Å². The van der Waals surface area contributed by atoms with E-state index in [1.54, 1.807) is 0 Å². The summed E-state index contributed by atoms with van der Waals surface area (Å²) in [6.45, 7) is 0.151. The summed E-state index contributed by atoms with van der Waals surface area (Å²) in [6.07, 6.45) is -0.367. The number of anilines is 1. The van der Waals surface area contributed by atoms with Gasteiger partial charge in [-0.15, -0.1) is 0 Å². The maximum Gasteiger partial charge on any atom is 0.337 e. The van der Waals surface area contributed by atoms with Crippen molar-refractivity contribution in [1.82, 2.24) is 4.31 Å². The van der Waals surface area contributed by atoms with Gasteiger partial charge in [0.25, 0.3) is 0 Å². The first kappa shape index (κ1) is 13.8. The lowest BCUT2D eigenvalue weighted by Gasteiger charge is -2.17. The SMILES string of the molecule is Nc1ccc(S(=O)(=O)N2CCC(O)C2)c(C(=O)O)c1. The molecular formula is C11H14N2O5S. The number of carboxylic acid groups (broad SMARTS) is 1. The Balaban J connectivity index is 2.49. The van der Waals surface area contributed by atoms with E-state index in [9.17, 15) is 18.3 Å². The number of nitrogens with two attached hydrogens (primary N) is 1. The fraction of sp³-hybridized carbons (Fsp3) is 0.364. The number of aliphatic hydroxyl groups is 1. The van der Waals surface area contributed by atoms with E-state index in [-0.39, 0.29) is 29.2 Å². The van der Waals surface area contributed by atoms with Gasteiger partial charge in [-0.25, -0.2) is 13.2 Å². The lowest BCUT2D eigenvalue weighted by Crippen LogP contribution is -2.31. The molecule has 0 saturated carbocycles. The molecule has 1 saturated heterocycles. The maximum atomic E-state index is 12.3. The smallest absolute Gasteiger partial charge is 0.337 e. The van der Waals surface area contributed by atoms with Gasteiger partial charge in [-0.2, -0.15) is 4.31 Å². The number of carbonyl (C=O) groups is 1. The van der Waals surface area contributed by atoms with Gasteiger partial charge in [0.1, 0.15) is 0 Å². The number of benzene rings is 1. The van der Waals surface area contributed by atoms with Crippen LogP contribution in [0.2, 0.25) is 0 Å². The molecule has 0 bridgehead atoms. The molecule has 0 aliphatic carbocycles. The number of hydrogen-bond donors (Lipinski definition) is 3. The molecule has 1 atom stereocenters. The highest BCUT2D eigenvalue weighted by Gasteiger charge is 2.34. The first-order valence-electron chi connectivity index (χ1n) is 5.63. The van der Waals surface area contributed by atoms with E-state index in [0.29, 0.717) is 6.42 Å². The van der Waals surface area contributed by atoms with Gasteiger partial charge in [-0.05, 0) is 24.6 Å². The molecule has 1 aliphatic rings. The second-order valence-electron chi connectivity index (χ2n) is 4.37. The van der Waals surface area contributed by atoms with E-state index in [4.69, 9.17) is 10.8 Å². The van der Waals surface area contributed by atoms with Gasteiger partial charge < -0.3 is 15.9 Å². The lowest BCUT2D eigenvalue weighted by molar-refractivity contribution is 0.0692. The molecule has 1 heterocycles. The van der Waals surface area contributed by atoms with Crippen LogP contribution >= 0.6 is 0 Å². The van der Waals surface area contributed by atoms with Crippen molar-refractivity contribution in [2.45, 2.75) is 17.4 Å². The van der Waals surface area contributed by atoms with Crippen LogP contribution in [0.5, 0.6) is 0 Å². The van der Waals surface area contributed by atoms with E-state index in [2.05, 4.69) is 0 Å². The second kappa shape index (κ2) is 4.80. The predicted molar refractivity (Wildman–Crippen MR) is 67.2 cm³/mol. The minimum absolute atomic E-state index is 0.0221. The zero-order valence-corrected chi connectivity index (χ0v) is 10.8. The van der Waals surface area contributed by atoms with Gasteiger partial charge in [0.05, 0.1) is 16.6 Å². The van der Waals surface area contributed by atoms with Crippen LogP contribution in [0.1, 0.15) is 16.8 Å². The topological polar surface area (TPSA) is 121 Å². The molecule has 0 aromatic heterocycles. The Morgan fingerprint density at radius 1 is 1.42 bits per heavy atom. The summed E-state index contributed by atoms with van der Waals surface area (Å²) < 4.78 is 25.7. The summed E-state index contributed by atoms with van der Waals surface area (Å²) in [5.74, 6) is -1.36. The fourth-order valence-corrected chi connectivity index (χ4v) is 3.66. The van der Waals surface area contributed by atoms with Crippen LogP contribution in [-0.2, 0) is 10.0 Å². The Kier molecular flexibility index (Phi) is 3.48. The van der Waals surface area contributed by atoms with Gasteiger partial charge in [0, 0.05) is 18.8 Å². The minimum atomic E-state index is -3.93. The maximum absolute atomic E-state index is 12.3. The molecule has 0 radical (unpaired) electrons. The summed E-state index contributed by atoms with van der Waals surface area (Å²) in [5, 5.41) is 18.5. The van der Waals surface area contributed by atoms with E-state index in [1.807, 2.05) is 0 Å². The van der Waals surface area contributed by atoms with Crippen molar-refractivity contribution in [2.75, 3.05) is 18.8 Å². The van der Waals surface area contributed by atoms with Crippen LogP contribution in [0.15, 0.2) is 23.1 Å². The molecule has 1 aromatic rings. The Labute approximate surface area is 110 Å². The third-order valence-corrected chi connectivity index (χ3v) is 4.90. The molecule has 4 N–H and O–H groups in total. The fourth-order valence-electron chi connectivity index (χ4n) is 2.01. The van der Waals surface area contributed by atoms with E-state index >= 15 is 0 Å². The predicted octanol–water partition coefficient (Wildman–Crippen LogP) is -0.278. The van der Waals surface area contributed by atoms with Crippen molar-refractivity contribution >= 4 is 21.7 Å². The third-order valence-electron chi connectivity index (χ3n) is 2.98. The van der Waals surface area contributed by atoms with Crippen LogP contribution in [0.25, 0.3) is 0 Å². The van der Waals surface area contributed by atoms with Crippen molar-refractivity contribution in [3.63, 3.8) is 0 Å².